The summed E-state index contributed by atoms with van der Waals surface area (Å²) < 4.78 is 10.9. The Morgan fingerprint density at radius 3 is 2.22 bits per heavy atom. The van der Waals surface area contributed by atoms with E-state index in [4.69, 9.17) is 21.1 Å². The molecule has 0 atom stereocenters. The third-order valence-electron chi connectivity index (χ3n) is 3.76. The molecule has 0 aliphatic rings. The molecule has 0 spiro atoms. The van der Waals surface area contributed by atoms with Crippen LogP contribution in [0.5, 0.6) is 11.5 Å². The molecule has 2 aromatic carbocycles. The van der Waals surface area contributed by atoms with Crippen LogP contribution < -0.4 is 14.8 Å². The van der Waals surface area contributed by atoms with Crippen LogP contribution >= 0.6 is 11.6 Å². The average molecular weight is 391 g/mol. The van der Waals surface area contributed by atoms with Crippen LogP contribution in [0.1, 0.15) is 17.3 Å². The van der Waals surface area contributed by atoms with Crippen molar-refractivity contribution in [2.75, 3.05) is 33.4 Å². The van der Waals surface area contributed by atoms with Gasteiger partial charge >= 0.3 is 0 Å². The number of carbonyl (C=O) groups excluding carboxylic acids is 2. The fourth-order valence-corrected chi connectivity index (χ4v) is 2.34. The molecule has 0 heterocycles. The fraction of sp³-hybridized carbons (Fsp3) is 0.300. The monoisotopic (exact) mass is 390 g/mol. The predicted molar refractivity (Wildman–Crippen MR) is 105 cm³/mol. The van der Waals surface area contributed by atoms with Gasteiger partial charge in [0.1, 0.15) is 18.1 Å². The van der Waals surface area contributed by atoms with Gasteiger partial charge in [0.2, 0.25) is 5.91 Å². The first-order valence-electron chi connectivity index (χ1n) is 8.63. The summed E-state index contributed by atoms with van der Waals surface area (Å²) in [5, 5.41) is 3.26. The first kappa shape index (κ1) is 20.6. The van der Waals surface area contributed by atoms with Gasteiger partial charge in [0.15, 0.2) is 0 Å². The Kier molecular flexibility index (Phi) is 7.95. The van der Waals surface area contributed by atoms with Crippen LogP contribution in [-0.2, 0) is 4.79 Å². The number of benzene rings is 2. The van der Waals surface area contributed by atoms with Gasteiger partial charge in [-0.2, -0.15) is 0 Å². The number of ether oxygens (including phenoxy) is 2. The standard InChI is InChI=1S/C20H23ClN2O4/c1-3-26-17-8-4-15(5-9-17)20(25)22-14-19(24)23(2)12-13-27-18-10-6-16(21)7-11-18/h4-11H,3,12-14H2,1-2H3,(H,22,25). The SMILES string of the molecule is CCOc1ccc(C(=O)NCC(=O)N(C)CCOc2ccc(Cl)cc2)cc1. The third kappa shape index (κ3) is 6.83. The highest BCUT2D eigenvalue weighted by atomic mass is 35.5. The van der Waals surface area contributed by atoms with E-state index in [-0.39, 0.29) is 18.4 Å². The van der Waals surface area contributed by atoms with E-state index in [1.807, 2.05) is 6.92 Å². The summed E-state index contributed by atoms with van der Waals surface area (Å²) in [5.41, 5.74) is 0.472. The zero-order valence-corrected chi connectivity index (χ0v) is 16.2. The van der Waals surface area contributed by atoms with Crippen molar-refractivity contribution < 1.29 is 19.1 Å². The maximum Gasteiger partial charge on any atom is 0.251 e. The summed E-state index contributed by atoms with van der Waals surface area (Å²) in [7, 11) is 1.66. The average Bonchev–Trinajstić information content (AvgIpc) is 2.68. The molecule has 0 saturated heterocycles. The maximum absolute atomic E-state index is 12.1. The van der Waals surface area contributed by atoms with Crippen molar-refractivity contribution in [2.45, 2.75) is 6.92 Å². The van der Waals surface area contributed by atoms with Gasteiger partial charge in [-0.15, -0.1) is 0 Å². The summed E-state index contributed by atoms with van der Waals surface area (Å²) >= 11 is 5.81. The lowest BCUT2D eigenvalue weighted by Gasteiger charge is -2.18. The van der Waals surface area contributed by atoms with Gasteiger partial charge in [-0.1, -0.05) is 11.6 Å². The predicted octanol–water partition coefficient (Wildman–Crippen LogP) is 3.01. The second kappa shape index (κ2) is 10.4. The van der Waals surface area contributed by atoms with Crippen molar-refractivity contribution >= 4 is 23.4 Å². The molecule has 0 fully saturated rings. The van der Waals surface area contributed by atoms with Gasteiger partial charge in [0.25, 0.3) is 5.91 Å². The number of nitrogens with zero attached hydrogens (tertiary/aromatic N) is 1. The Morgan fingerprint density at radius 1 is 1.00 bits per heavy atom. The Balaban J connectivity index is 1.71. The van der Waals surface area contributed by atoms with Crippen LogP contribution in [0.25, 0.3) is 0 Å². The first-order valence-corrected chi connectivity index (χ1v) is 9.00. The molecule has 2 amide bonds. The van der Waals surface area contributed by atoms with Crippen molar-refractivity contribution in [3.05, 3.63) is 59.1 Å². The molecular formula is C20H23ClN2O4. The minimum Gasteiger partial charge on any atom is -0.494 e. The van der Waals surface area contributed by atoms with Gasteiger partial charge in [0, 0.05) is 17.6 Å². The highest BCUT2D eigenvalue weighted by molar-refractivity contribution is 6.30. The second-order valence-electron chi connectivity index (χ2n) is 5.76. The number of hydrogen-bond donors (Lipinski definition) is 1. The highest BCUT2D eigenvalue weighted by Gasteiger charge is 2.12. The molecule has 7 heteroatoms. The summed E-state index contributed by atoms with van der Waals surface area (Å²) in [6.07, 6.45) is 0. The lowest BCUT2D eigenvalue weighted by molar-refractivity contribution is -0.129. The largest absolute Gasteiger partial charge is 0.494 e. The Morgan fingerprint density at radius 2 is 1.59 bits per heavy atom. The van der Waals surface area contributed by atoms with Gasteiger partial charge in [-0.3, -0.25) is 9.59 Å². The summed E-state index contributed by atoms with van der Waals surface area (Å²) in [6.45, 7) is 3.12. The number of halogens is 1. The van der Waals surface area contributed by atoms with E-state index in [2.05, 4.69) is 5.32 Å². The third-order valence-corrected chi connectivity index (χ3v) is 4.01. The molecule has 0 aliphatic carbocycles. The van der Waals surface area contributed by atoms with Gasteiger partial charge in [-0.05, 0) is 55.5 Å². The smallest absolute Gasteiger partial charge is 0.251 e. The number of nitrogens with one attached hydrogen (secondary N) is 1. The first-order chi connectivity index (χ1) is 13.0. The lowest BCUT2D eigenvalue weighted by atomic mass is 10.2. The van der Waals surface area contributed by atoms with E-state index in [1.165, 1.54) is 4.90 Å². The van der Waals surface area contributed by atoms with E-state index in [9.17, 15) is 9.59 Å². The fourth-order valence-electron chi connectivity index (χ4n) is 2.22. The Hall–Kier alpha value is -2.73. The molecule has 0 radical (unpaired) electrons. The Labute approximate surface area is 164 Å². The molecule has 27 heavy (non-hydrogen) atoms. The number of amides is 2. The van der Waals surface area contributed by atoms with Crippen molar-refractivity contribution in [2.24, 2.45) is 0 Å². The number of rotatable bonds is 9. The van der Waals surface area contributed by atoms with Crippen molar-refractivity contribution in [1.29, 1.82) is 0 Å². The quantitative estimate of drug-likeness (QED) is 0.714. The van der Waals surface area contributed by atoms with Gasteiger partial charge in [0.05, 0.1) is 19.7 Å². The Bertz CT molecular complexity index is 748. The van der Waals surface area contributed by atoms with E-state index >= 15 is 0 Å². The minimum atomic E-state index is -0.308. The van der Waals surface area contributed by atoms with Gasteiger partial charge in [-0.25, -0.2) is 0 Å². The molecule has 2 aromatic rings. The zero-order valence-electron chi connectivity index (χ0n) is 15.4. The molecule has 0 aromatic heterocycles. The van der Waals surface area contributed by atoms with Crippen LogP contribution in [0, 0.1) is 0 Å². The van der Waals surface area contributed by atoms with E-state index in [1.54, 1.807) is 55.6 Å². The van der Waals surface area contributed by atoms with Crippen LogP contribution in [0.3, 0.4) is 0 Å². The van der Waals surface area contributed by atoms with Crippen molar-refractivity contribution in [1.82, 2.24) is 10.2 Å². The molecular weight excluding hydrogens is 368 g/mol. The minimum absolute atomic E-state index is 0.0799. The zero-order chi connectivity index (χ0) is 19.6. The van der Waals surface area contributed by atoms with Gasteiger partial charge < -0.3 is 19.7 Å². The molecule has 0 saturated carbocycles. The van der Waals surface area contributed by atoms with Crippen LogP contribution in [-0.4, -0.2) is 50.1 Å². The van der Waals surface area contributed by atoms with E-state index < -0.39 is 0 Å². The second-order valence-corrected chi connectivity index (χ2v) is 6.19. The van der Waals surface area contributed by atoms with Crippen LogP contribution in [0.15, 0.2) is 48.5 Å². The maximum atomic E-state index is 12.1. The molecule has 6 nitrogen and oxygen atoms in total. The van der Waals surface area contributed by atoms with Crippen molar-refractivity contribution in [3.63, 3.8) is 0 Å². The van der Waals surface area contributed by atoms with Crippen LogP contribution in [0.4, 0.5) is 0 Å². The highest BCUT2D eigenvalue weighted by Crippen LogP contribution is 2.15. The molecule has 0 aliphatic heterocycles. The van der Waals surface area contributed by atoms with E-state index in [0.717, 1.165) is 0 Å². The summed E-state index contributed by atoms with van der Waals surface area (Å²) in [6, 6.07) is 13.8. The van der Waals surface area contributed by atoms with E-state index in [0.29, 0.717) is 41.8 Å². The summed E-state index contributed by atoms with van der Waals surface area (Å²) in [5.74, 6) is 0.876. The van der Waals surface area contributed by atoms with Crippen LogP contribution in [0.2, 0.25) is 5.02 Å². The molecule has 0 bridgehead atoms. The summed E-state index contributed by atoms with van der Waals surface area (Å²) in [4.78, 5) is 25.7. The topological polar surface area (TPSA) is 67.9 Å². The molecule has 0 unspecified atom stereocenters. The normalized spacial score (nSPS) is 10.2. The number of likely N-dealkylation sites (N-methyl/N-ethyl adjacent to an activating group) is 1. The number of carbonyl (C=O) groups is 2. The van der Waals surface area contributed by atoms with Crippen molar-refractivity contribution in [3.8, 4) is 11.5 Å². The molecule has 2 rings (SSSR count). The molecule has 144 valence electrons. The lowest BCUT2D eigenvalue weighted by Crippen LogP contribution is -2.39. The number of hydrogen-bond acceptors (Lipinski definition) is 4. The molecule has 1 N–H and O–H groups in total.